The SMILES string of the molecule is Nc1ncnc2[nH]c(Sc3cc4c(cc3I)CCO4)nc12. The molecule has 8 heteroatoms. The quantitative estimate of drug-likeness (QED) is 0.631. The molecule has 0 aliphatic carbocycles. The molecule has 21 heavy (non-hydrogen) atoms. The molecule has 0 atom stereocenters. The summed E-state index contributed by atoms with van der Waals surface area (Å²) in [5.74, 6) is 1.35. The Morgan fingerprint density at radius 1 is 1.33 bits per heavy atom. The number of benzene rings is 1. The maximum absolute atomic E-state index is 5.80. The minimum Gasteiger partial charge on any atom is -0.493 e. The molecule has 0 saturated heterocycles. The summed E-state index contributed by atoms with van der Waals surface area (Å²) in [6.45, 7) is 0.760. The summed E-state index contributed by atoms with van der Waals surface area (Å²) in [5.41, 5.74) is 8.32. The summed E-state index contributed by atoms with van der Waals surface area (Å²) in [7, 11) is 0. The average molecular weight is 411 g/mol. The van der Waals surface area contributed by atoms with Crippen LogP contribution in [0, 0.1) is 3.57 Å². The van der Waals surface area contributed by atoms with E-state index < -0.39 is 0 Å². The minimum absolute atomic E-state index is 0.384. The summed E-state index contributed by atoms with van der Waals surface area (Å²) in [4.78, 5) is 16.8. The Balaban J connectivity index is 1.73. The molecule has 1 aliphatic rings. The van der Waals surface area contributed by atoms with Crippen molar-refractivity contribution in [3.05, 3.63) is 27.6 Å². The molecule has 0 radical (unpaired) electrons. The minimum atomic E-state index is 0.384. The van der Waals surface area contributed by atoms with Crippen LogP contribution in [0.15, 0.2) is 28.5 Å². The summed E-state index contributed by atoms with van der Waals surface area (Å²) in [6, 6.07) is 4.24. The Labute approximate surface area is 138 Å². The number of nitrogens with two attached hydrogens (primary N) is 1. The first-order chi connectivity index (χ1) is 10.2. The molecule has 3 aromatic rings. The number of nitrogens with zero attached hydrogens (tertiary/aromatic N) is 3. The van der Waals surface area contributed by atoms with E-state index in [9.17, 15) is 0 Å². The second kappa shape index (κ2) is 5.02. The maximum Gasteiger partial charge on any atom is 0.172 e. The standard InChI is InChI=1S/C13H10IN5OS/c14-7-3-6-1-2-20-8(6)4-9(7)21-13-18-10-11(15)16-5-17-12(10)19-13/h3-5H,1-2H2,(H3,15,16,17,18,19). The molecule has 0 saturated carbocycles. The number of aromatic nitrogens is 4. The van der Waals surface area contributed by atoms with E-state index >= 15 is 0 Å². The van der Waals surface area contributed by atoms with E-state index in [2.05, 4.69) is 54.7 Å². The van der Waals surface area contributed by atoms with Crippen LogP contribution in [0.25, 0.3) is 11.2 Å². The van der Waals surface area contributed by atoms with Gasteiger partial charge in [-0.3, -0.25) is 0 Å². The van der Waals surface area contributed by atoms with Gasteiger partial charge in [0, 0.05) is 14.9 Å². The Kier molecular flexibility index (Phi) is 3.14. The molecule has 0 bridgehead atoms. The summed E-state index contributed by atoms with van der Waals surface area (Å²) in [6.07, 6.45) is 2.41. The first-order valence-electron chi connectivity index (χ1n) is 6.30. The van der Waals surface area contributed by atoms with E-state index in [4.69, 9.17) is 10.5 Å². The molecule has 0 amide bonds. The van der Waals surface area contributed by atoms with Crippen molar-refractivity contribution in [3.63, 3.8) is 0 Å². The third kappa shape index (κ3) is 2.31. The number of imidazole rings is 1. The van der Waals surface area contributed by atoms with Gasteiger partial charge in [0.2, 0.25) is 0 Å². The van der Waals surface area contributed by atoms with Crippen molar-refractivity contribution in [3.8, 4) is 5.75 Å². The summed E-state index contributed by atoms with van der Waals surface area (Å²) < 4.78 is 6.80. The number of hydrogen-bond acceptors (Lipinski definition) is 6. The molecule has 6 nitrogen and oxygen atoms in total. The fourth-order valence-corrected chi connectivity index (χ4v) is 3.91. The highest BCUT2D eigenvalue weighted by atomic mass is 127. The van der Waals surface area contributed by atoms with E-state index in [0.717, 1.165) is 28.8 Å². The first kappa shape index (κ1) is 13.1. The van der Waals surface area contributed by atoms with Crippen LogP contribution in [0.2, 0.25) is 0 Å². The monoisotopic (exact) mass is 411 g/mol. The van der Waals surface area contributed by atoms with Crippen molar-refractivity contribution in [1.29, 1.82) is 0 Å². The molecule has 0 spiro atoms. The molecule has 4 rings (SSSR count). The van der Waals surface area contributed by atoms with Crippen molar-refractivity contribution >= 4 is 51.3 Å². The number of nitrogens with one attached hydrogen (secondary N) is 1. The van der Waals surface area contributed by atoms with Gasteiger partial charge in [-0.2, -0.15) is 0 Å². The molecular weight excluding hydrogens is 401 g/mol. The van der Waals surface area contributed by atoms with E-state index in [0.29, 0.717) is 17.0 Å². The highest BCUT2D eigenvalue weighted by Crippen LogP contribution is 2.37. The lowest BCUT2D eigenvalue weighted by molar-refractivity contribution is 0.356. The number of halogens is 1. The zero-order chi connectivity index (χ0) is 14.4. The van der Waals surface area contributed by atoms with E-state index in [1.54, 1.807) is 0 Å². The van der Waals surface area contributed by atoms with Gasteiger partial charge in [0.05, 0.1) is 6.61 Å². The Bertz CT molecular complexity index is 850. The van der Waals surface area contributed by atoms with Crippen LogP contribution in [0.3, 0.4) is 0 Å². The number of fused-ring (bicyclic) bond motifs is 2. The molecule has 0 unspecified atom stereocenters. The lowest BCUT2D eigenvalue weighted by Gasteiger charge is -2.05. The second-order valence-corrected chi connectivity index (χ2v) is 6.78. The van der Waals surface area contributed by atoms with Crippen LogP contribution < -0.4 is 10.5 Å². The topological polar surface area (TPSA) is 89.7 Å². The van der Waals surface area contributed by atoms with E-state index in [1.807, 2.05) is 0 Å². The molecule has 1 aliphatic heterocycles. The molecule has 0 fully saturated rings. The van der Waals surface area contributed by atoms with Gasteiger partial charge in [0.15, 0.2) is 22.1 Å². The second-order valence-electron chi connectivity index (χ2n) is 4.59. The molecule has 1 aromatic carbocycles. The third-order valence-electron chi connectivity index (χ3n) is 3.24. The largest absolute Gasteiger partial charge is 0.493 e. The van der Waals surface area contributed by atoms with Crippen molar-refractivity contribution in [1.82, 2.24) is 19.9 Å². The summed E-state index contributed by atoms with van der Waals surface area (Å²) >= 11 is 3.87. The van der Waals surface area contributed by atoms with Gasteiger partial charge in [0.25, 0.3) is 0 Å². The number of anilines is 1. The van der Waals surface area contributed by atoms with Crippen LogP contribution >= 0.6 is 34.4 Å². The Morgan fingerprint density at radius 3 is 3.10 bits per heavy atom. The normalized spacial score (nSPS) is 13.4. The van der Waals surface area contributed by atoms with Crippen molar-refractivity contribution in [2.24, 2.45) is 0 Å². The fraction of sp³-hybridized carbons (Fsp3) is 0.154. The molecule has 2 aromatic heterocycles. The Morgan fingerprint density at radius 2 is 2.24 bits per heavy atom. The number of nitrogen functional groups attached to an aromatic ring is 1. The van der Waals surface area contributed by atoms with Crippen molar-refractivity contribution in [2.45, 2.75) is 16.5 Å². The summed E-state index contributed by atoms with van der Waals surface area (Å²) in [5, 5.41) is 0.744. The maximum atomic E-state index is 5.80. The van der Waals surface area contributed by atoms with Crippen LogP contribution in [0.1, 0.15) is 5.56 Å². The van der Waals surface area contributed by atoms with Crippen LogP contribution in [0.4, 0.5) is 5.82 Å². The number of ether oxygens (including phenoxy) is 1. The predicted molar refractivity (Wildman–Crippen MR) is 88.6 cm³/mol. The zero-order valence-corrected chi connectivity index (χ0v) is 13.7. The van der Waals surface area contributed by atoms with Crippen LogP contribution in [0.5, 0.6) is 5.75 Å². The van der Waals surface area contributed by atoms with Gasteiger partial charge in [-0.15, -0.1) is 0 Å². The smallest absolute Gasteiger partial charge is 0.172 e. The molecule has 3 N–H and O–H groups in total. The van der Waals surface area contributed by atoms with Crippen molar-refractivity contribution in [2.75, 3.05) is 12.3 Å². The zero-order valence-electron chi connectivity index (χ0n) is 10.8. The third-order valence-corrected chi connectivity index (χ3v) is 5.44. The highest BCUT2D eigenvalue weighted by Gasteiger charge is 2.17. The average Bonchev–Trinajstić information content (AvgIpc) is 3.06. The van der Waals surface area contributed by atoms with Crippen LogP contribution in [-0.4, -0.2) is 26.5 Å². The van der Waals surface area contributed by atoms with Gasteiger partial charge < -0.3 is 15.5 Å². The number of H-pyrrole nitrogens is 1. The van der Waals surface area contributed by atoms with Gasteiger partial charge in [-0.1, -0.05) is 11.8 Å². The van der Waals surface area contributed by atoms with E-state index in [-0.39, 0.29) is 0 Å². The number of hydrogen-bond donors (Lipinski definition) is 2. The molecular formula is C13H10IN5OS. The van der Waals surface area contributed by atoms with Crippen molar-refractivity contribution < 1.29 is 4.74 Å². The number of aromatic amines is 1. The van der Waals surface area contributed by atoms with Gasteiger partial charge in [-0.05, 0) is 40.3 Å². The highest BCUT2D eigenvalue weighted by molar-refractivity contribution is 14.1. The first-order valence-corrected chi connectivity index (χ1v) is 8.19. The molecule has 3 heterocycles. The lowest BCUT2D eigenvalue weighted by atomic mass is 10.2. The Hall–Kier alpha value is -1.55. The fourth-order valence-electron chi connectivity index (χ4n) is 2.23. The number of rotatable bonds is 2. The van der Waals surface area contributed by atoms with E-state index in [1.165, 1.54) is 27.2 Å². The lowest BCUT2D eigenvalue weighted by Crippen LogP contribution is -1.91. The molecule has 106 valence electrons. The predicted octanol–water partition coefficient (Wildman–Crippen LogP) is 2.63. The van der Waals surface area contributed by atoms with Gasteiger partial charge in [-0.25, -0.2) is 15.0 Å². The van der Waals surface area contributed by atoms with Gasteiger partial charge >= 0.3 is 0 Å². The van der Waals surface area contributed by atoms with Gasteiger partial charge in [0.1, 0.15) is 12.1 Å². The van der Waals surface area contributed by atoms with Crippen LogP contribution in [-0.2, 0) is 6.42 Å².